The number of pyridine rings is 1. The quantitative estimate of drug-likeness (QED) is 0.138. The van der Waals surface area contributed by atoms with Gasteiger partial charge in [-0.2, -0.15) is 18.6 Å². The van der Waals surface area contributed by atoms with Crippen LogP contribution in [0.2, 0.25) is 0 Å². The highest BCUT2D eigenvalue weighted by molar-refractivity contribution is 7.92. The van der Waals surface area contributed by atoms with Crippen LogP contribution in [-0.4, -0.2) is 57.7 Å². The Bertz CT molecular complexity index is 1780. The number of H-pyrrole nitrogens is 1. The Morgan fingerprint density at radius 3 is 2.48 bits per heavy atom. The van der Waals surface area contributed by atoms with Crippen LogP contribution in [-0.2, 0) is 10.0 Å². The molecule has 13 nitrogen and oxygen atoms in total. The van der Waals surface area contributed by atoms with Crippen molar-refractivity contribution >= 4 is 27.0 Å². The molecule has 4 aromatic rings. The molecular weight excluding hydrogens is 584 g/mol. The highest BCUT2D eigenvalue weighted by Crippen LogP contribution is 2.41. The number of allylic oxidation sites excluding steroid dienone is 5. The Balaban J connectivity index is 1.91. The molecule has 3 heterocycles. The van der Waals surface area contributed by atoms with Crippen LogP contribution >= 0.6 is 0 Å². The lowest BCUT2D eigenvalue weighted by molar-refractivity contribution is 0.319. The van der Waals surface area contributed by atoms with Gasteiger partial charge in [-0.25, -0.2) is 9.97 Å². The van der Waals surface area contributed by atoms with Crippen LogP contribution < -0.4 is 18.9 Å². The first-order chi connectivity index (χ1) is 21.2. The van der Waals surface area contributed by atoms with Crippen LogP contribution in [0.3, 0.4) is 0 Å². The lowest BCUT2D eigenvalue weighted by Crippen LogP contribution is -2.17. The molecule has 0 saturated carbocycles. The minimum absolute atomic E-state index is 0.0291. The third kappa shape index (κ3) is 7.52. The SMILES string of the molecule is C=C/C=C(\C=C(/C)c1nn[nH]n1)c1nc(NS(=O)(=O)c2ccc(C(C)C)cn2)c(Oc2ccccc2OC)c(OCC=C)n1. The minimum Gasteiger partial charge on any atom is -0.493 e. The molecule has 0 aliphatic heterocycles. The Morgan fingerprint density at radius 2 is 1.86 bits per heavy atom. The maximum atomic E-state index is 13.6. The van der Waals surface area contributed by atoms with E-state index in [1.54, 1.807) is 49.4 Å². The third-order valence-corrected chi connectivity index (χ3v) is 7.27. The molecule has 0 unspecified atom stereocenters. The number of nitrogens with zero attached hydrogens (tertiary/aromatic N) is 6. The number of rotatable bonds is 14. The monoisotopic (exact) mass is 616 g/mol. The molecule has 0 amide bonds. The number of sulfonamides is 1. The van der Waals surface area contributed by atoms with Gasteiger partial charge in [-0.3, -0.25) is 4.72 Å². The molecule has 0 aliphatic carbocycles. The van der Waals surface area contributed by atoms with Crippen molar-refractivity contribution < 1.29 is 22.6 Å². The van der Waals surface area contributed by atoms with Crippen LogP contribution in [0.5, 0.6) is 23.1 Å². The zero-order chi connectivity index (χ0) is 31.7. The molecule has 0 aliphatic rings. The van der Waals surface area contributed by atoms with Crippen molar-refractivity contribution in [1.29, 1.82) is 0 Å². The van der Waals surface area contributed by atoms with Crippen molar-refractivity contribution in [3.8, 4) is 23.1 Å². The summed E-state index contributed by atoms with van der Waals surface area (Å²) in [7, 11) is -2.78. The first kappa shape index (κ1) is 31.6. The lowest BCUT2D eigenvalue weighted by atomic mass is 10.1. The molecule has 228 valence electrons. The van der Waals surface area contributed by atoms with Gasteiger partial charge < -0.3 is 14.2 Å². The summed E-state index contributed by atoms with van der Waals surface area (Å²) in [6, 6.07) is 9.97. The summed E-state index contributed by atoms with van der Waals surface area (Å²) in [6.45, 7) is 13.3. The smallest absolute Gasteiger partial charge is 0.280 e. The standard InChI is InChI=1S/C30H32N8O5S/c1-7-11-21(17-20(5)27-34-37-38-35-27)28-32-29(36-44(39,40)25-15-14-22(18-31-25)19(3)4)26(30(33-28)42-16-8-2)43-24-13-10-9-12-23(24)41-6/h7-15,17-19H,1-2,16H2,3-6H3,(H,32,33,36)(H,34,35,37,38)/b20-17+,21-11+. The number of aromatic amines is 1. The first-order valence-electron chi connectivity index (χ1n) is 13.4. The Hall–Kier alpha value is -5.37. The summed E-state index contributed by atoms with van der Waals surface area (Å²) in [5.74, 6) is 0.857. The van der Waals surface area contributed by atoms with Crippen LogP contribution in [0.15, 0.2) is 85.1 Å². The first-order valence-corrected chi connectivity index (χ1v) is 14.9. The van der Waals surface area contributed by atoms with Crippen molar-refractivity contribution in [2.45, 2.75) is 31.7 Å². The predicted octanol–water partition coefficient (Wildman–Crippen LogP) is 5.35. The number of aromatic nitrogens is 7. The molecule has 0 radical (unpaired) electrons. The van der Waals surface area contributed by atoms with Gasteiger partial charge in [0.2, 0.25) is 5.75 Å². The number of hydrogen-bond acceptors (Lipinski definition) is 11. The predicted molar refractivity (Wildman–Crippen MR) is 166 cm³/mol. The molecule has 0 spiro atoms. The van der Waals surface area contributed by atoms with Crippen LogP contribution in [0.1, 0.15) is 43.9 Å². The average molecular weight is 617 g/mol. The second-order valence-electron chi connectivity index (χ2n) is 9.49. The number of ether oxygens (including phenoxy) is 3. The van der Waals surface area contributed by atoms with Crippen molar-refractivity contribution in [2.75, 3.05) is 18.4 Å². The molecule has 4 rings (SSSR count). The van der Waals surface area contributed by atoms with Gasteiger partial charge in [-0.15, -0.1) is 10.2 Å². The van der Waals surface area contributed by atoms with E-state index in [1.807, 2.05) is 13.8 Å². The van der Waals surface area contributed by atoms with Gasteiger partial charge in [0.25, 0.3) is 15.9 Å². The van der Waals surface area contributed by atoms with E-state index in [4.69, 9.17) is 14.2 Å². The van der Waals surface area contributed by atoms with Crippen LogP contribution in [0, 0.1) is 0 Å². The van der Waals surface area contributed by atoms with Crippen molar-refractivity contribution in [1.82, 2.24) is 35.6 Å². The summed E-state index contributed by atoms with van der Waals surface area (Å²) in [4.78, 5) is 13.3. The van der Waals surface area contributed by atoms with E-state index < -0.39 is 10.0 Å². The van der Waals surface area contributed by atoms with E-state index in [0.29, 0.717) is 22.7 Å². The van der Waals surface area contributed by atoms with Gasteiger partial charge in [-0.1, -0.05) is 63.4 Å². The highest BCUT2D eigenvalue weighted by atomic mass is 32.2. The fourth-order valence-corrected chi connectivity index (χ4v) is 4.72. The molecule has 3 aromatic heterocycles. The van der Waals surface area contributed by atoms with E-state index in [1.165, 1.54) is 31.5 Å². The van der Waals surface area contributed by atoms with Crippen molar-refractivity contribution in [2.24, 2.45) is 0 Å². The molecule has 1 aromatic carbocycles. The van der Waals surface area contributed by atoms with Crippen LogP contribution in [0.4, 0.5) is 5.82 Å². The second kappa shape index (κ2) is 14.2. The Labute approximate surface area is 255 Å². The van der Waals surface area contributed by atoms with Gasteiger partial charge >= 0.3 is 0 Å². The normalized spacial score (nSPS) is 12.1. The van der Waals surface area contributed by atoms with E-state index >= 15 is 0 Å². The average Bonchev–Trinajstić information content (AvgIpc) is 3.56. The topological polar surface area (TPSA) is 167 Å². The lowest BCUT2D eigenvalue weighted by Gasteiger charge is -2.18. The number of hydrogen-bond donors (Lipinski definition) is 2. The van der Waals surface area contributed by atoms with Gasteiger partial charge in [0.05, 0.1) is 7.11 Å². The number of benzene rings is 1. The molecule has 14 heteroatoms. The molecule has 0 bridgehead atoms. The molecule has 0 fully saturated rings. The van der Waals surface area contributed by atoms with Gasteiger partial charge in [-0.05, 0) is 53.5 Å². The zero-order valence-electron chi connectivity index (χ0n) is 24.7. The minimum atomic E-state index is -4.26. The Morgan fingerprint density at radius 1 is 1.09 bits per heavy atom. The van der Waals surface area contributed by atoms with Crippen LogP contribution in [0.25, 0.3) is 11.1 Å². The molecular formula is C30H32N8O5S. The van der Waals surface area contributed by atoms with E-state index in [0.717, 1.165) is 5.56 Å². The number of tetrazole rings is 1. The van der Waals surface area contributed by atoms with E-state index in [-0.39, 0.29) is 46.6 Å². The van der Waals surface area contributed by atoms with Gasteiger partial charge in [0.15, 0.2) is 34.0 Å². The summed E-state index contributed by atoms with van der Waals surface area (Å²) in [6.07, 6.45) is 7.91. The fourth-order valence-electron chi connectivity index (χ4n) is 3.78. The maximum absolute atomic E-state index is 13.6. The second-order valence-corrected chi connectivity index (χ2v) is 11.1. The molecule has 0 atom stereocenters. The van der Waals surface area contributed by atoms with Crippen molar-refractivity contribution in [3.05, 3.63) is 97.3 Å². The summed E-state index contributed by atoms with van der Waals surface area (Å²) >= 11 is 0. The molecule has 2 N–H and O–H groups in total. The highest BCUT2D eigenvalue weighted by Gasteiger charge is 2.26. The number of para-hydroxylation sites is 2. The summed E-state index contributed by atoms with van der Waals surface area (Å²) < 4.78 is 47.3. The number of methoxy groups -OCH3 is 1. The summed E-state index contributed by atoms with van der Waals surface area (Å²) in [5, 5.41) is 13.8. The van der Waals surface area contributed by atoms with Gasteiger partial charge in [0, 0.05) is 11.8 Å². The van der Waals surface area contributed by atoms with E-state index in [9.17, 15) is 8.42 Å². The Kier molecular flexibility index (Phi) is 10.2. The maximum Gasteiger partial charge on any atom is 0.280 e. The molecule has 0 saturated heterocycles. The summed E-state index contributed by atoms with van der Waals surface area (Å²) in [5.41, 5.74) is 1.95. The number of nitrogens with one attached hydrogen (secondary N) is 2. The zero-order valence-corrected chi connectivity index (χ0v) is 25.5. The fraction of sp³-hybridized carbons (Fsp3) is 0.200. The van der Waals surface area contributed by atoms with Crippen molar-refractivity contribution in [3.63, 3.8) is 0 Å². The molecule has 44 heavy (non-hydrogen) atoms. The largest absolute Gasteiger partial charge is 0.493 e. The van der Waals surface area contributed by atoms with Gasteiger partial charge in [0.1, 0.15) is 6.61 Å². The number of anilines is 1. The van der Waals surface area contributed by atoms with E-state index in [2.05, 4.69) is 53.5 Å². The third-order valence-electron chi connectivity index (χ3n) is 6.01.